The molecule has 0 aliphatic carbocycles. The maximum absolute atomic E-state index is 10.8. The van der Waals surface area contributed by atoms with Crippen LogP contribution in [0, 0.1) is 0 Å². The molecular weight excluding hydrogens is 400 g/mol. The fraction of sp³-hybridized carbons (Fsp3) is 0.786. The number of ether oxygens (including phenoxy) is 2. The Labute approximate surface area is 197 Å². The molecule has 4 heteroatoms. The average molecular weight is 449 g/mol. The lowest BCUT2D eigenvalue weighted by Crippen LogP contribution is -2.01. The second kappa shape index (κ2) is 20.1. The molecule has 184 valence electrons. The number of unbranched alkanes of at least 4 members (excludes halogenated alkanes) is 12. The molecule has 2 fully saturated rings. The first-order valence-electron chi connectivity index (χ1n) is 13.4. The van der Waals surface area contributed by atoms with Gasteiger partial charge in [0.25, 0.3) is 0 Å². The standard InChI is InChI=1S/2C14H24O2/c2*1-2-3-4-5-6-7-8-9-10-13-11-12-14(15)16-13/h2*9-10,13H,2-8,11-12H2,1H3/b2*10-9-/t2*13-/m00/s1. The van der Waals surface area contributed by atoms with E-state index in [1.54, 1.807) is 0 Å². The van der Waals surface area contributed by atoms with Crippen molar-refractivity contribution >= 4 is 11.9 Å². The van der Waals surface area contributed by atoms with Crippen molar-refractivity contribution in [3.05, 3.63) is 24.3 Å². The van der Waals surface area contributed by atoms with Gasteiger partial charge in [0.05, 0.1) is 0 Å². The van der Waals surface area contributed by atoms with E-state index in [-0.39, 0.29) is 24.1 Å². The number of carbonyl (C=O) groups is 2. The first kappa shape index (κ1) is 28.5. The molecule has 2 aliphatic heterocycles. The van der Waals surface area contributed by atoms with E-state index in [1.165, 1.54) is 77.0 Å². The molecule has 0 radical (unpaired) electrons. The first-order chi connectivity index (χ1) is 15.7. The van der Waals surface area contributed by atoms with E-state index in [4.69, 9.17) is 9.47 Å². The molecule has 4 nitrogen and oxygen atoms in total. The average Bonchev–Trinajstić information content (AvgIpc) is 3.40. The summed E-state index contributed by atoms with van der Waals surface area (Å²) >= 11 is 0. The van der Waals surface area contributed by atoms with Crippen molar-refractivity contribution in [2.24, 2.45) is 0 Å². The number of allylic oxidation sites excluding steroid dienone is 2. The maximum Gasteiger partial charge on any atom is 0.306 e. The third kappa shape index (κ3) is 16.1. The van der Waals surface area contributed by atoms with Gasteiger partial charge in [0.15, 0.2) is 0 Å². The van der Waals surface area contributed by atoms with E-state index in [9.17, 15) is 9.59 Å². The van der Waals surface area contributed by atoms with E-state index in [2.05, 4.69) is 38.2 Å². The van der Waals surface area contributed by atoms with Gasteiger partial charge >= 0.3 is 11.9 Å². The fourth-order valence-corrected chi connectivity index (χ4v) is 3.95. The van der Waals surface area contributed by atoms with Crippen LogP contribution in [-0.2, 0) is 19.1 Å². The monoisotopic (exact) mass is 448 g/mol. The molecule has 32 heavy (non-hydrogen) atoms. The Bertz CT molecular complexity index is 490. The Balaban J connectivity index is 0.000000320. The van der Waals surface area contributed by atoms with E-state index >= 15 is 0 Å². The van der Waals surface area contributed by atoms with Crippen molar-refractivity contribution in [2.45, 2.75) is 142 Å². The van der Waals surface area contributed by atoms with Crippen LogP contribution in [0.2, 0.25) is 0 Å². The quantitative estimate of drug-likeness (QED) is 0.136. The lowest BCUT2D eigenvalue weighted by atomic mass is 10.1. The van der Waals surface area contributed by atoms with Crippen molar-refractivity contribution < 1.29 is 19.1 Å². The van der Waals surface area contributed by atoms with Crippen LogP contribution in [0.3, 0.4) is 0 Å². The SMILES string of the molecule is CCCCCCCC/C=C\[C@H]1CCC(=O)O1.CCCCCCCC/C=C\[C@H]1CCC(=O)O1. The van der Waals surface area contributed by atoms with Crippen LogP contribution >= 0.6 is 0 Å². The summed E-state index contributed by atoms with van der Waals surface area (Å²) in [7, 11) is 0. The highest BCUT2D eigenvalue weighted by atomic mass is 16.6. The zero-order valence-corrected chi connectivity index (χ0v) is 20.8. The van der Waals surface area contributed by atoms with Gasteiger partial charge in [0.1, 0.15) is 12.2 Å². The molecule has 0 saturated carbocycles. The van der Waals surface area contributed by atoms with E-state index in [0.717, 1.165) is 25.7 Å². The minimum atomic E-state index is -0.0470. The number of rotatable bonds is 16. The largest absolute Gasteiger partial charge is 0.458 e. The molecule has 0 bridgehead atoms. The summed E-state index contributed by atoms with van der Waals surface area (Å²) in [5.41, 5.74) is 0. The fourth-order valence-electron chi connectivity index (χ4n) is 3.95. The molecule has 0 aromatic heterocycles. The van der Waals surface area contributed by atoms with Gasteiger partial charge in [0.2, 0.25) is 0 Å². The van der Waals surface area contributed by atoms with Gasteiger partial charge in [-0.25, -0.2) is 0 Å². The minimum absolute atomic E-state index is 0.0470. The first-order valence-corrected chi connectivity index (χ1v) is 13.4. The maximum atomic E-state index is 10.8. The predicted molar refractivity (Wildman–Crippen MR) is 132 cm³/mol. The van der Waals surface area contributed by atoms with Crippen molar-refractivity contribution in [3.63, 3.8) is 0 Å². The van der Waals surface area contributed by atoms with Gasteiger partial charge in [-0.3, -0.25) is 9.59 Å². The Hall–Kier alpha value is -1.58. The highest BCUT2D eigenvalue weighted by Gasteiger charge is 2.20. The third-order valence-corrected chi connectivity index (χ3v) is 5.98. The summed E-state index contributed by atoms with van der Waals surface area (Å²) in [5.74, 6) is -0.0940. The minimum Gasteiger partial charge on any atom is -0.458 e. The summed E-state index contributed by atoms with van der Waals surface area (Å²) in [6, 6.07) is 0. The molecule has 0 unspecified atom stereocenters. The topological polar surface area (TPSA) is 52.6 Å². The smallest absolute Gasteiger partial charge is 0.306 e. The van der Waals surface area contributed by atoms with Crippen LogP contribution in [0.5, 0.6) is 0 Å². The number of carbonyl (C=O) groups excluding carboxylic acids is 2. The van der Waals surface area contributed by atoms with Gasteiger partial charge in [0, 0.05) is 12.8 Å². The molecule has 0 spiro atoms. The van der Waals surface area contributed by atoms with Crippen LogP contribution < -0.4 is 0 Å². The molecular formula is C28H48O4. The number of cyclic esters (lactones) is 2. The van der Waals surface area contributed by atoms with E-state index < -0.39 is 0 Å². The van der Waals surface area contributed by atoms with Gasteiger partial charge < -0.3 is 9.47 Å². The number of hydrogen-bond donors (Lipinski definition) is 0. The Morgan fingerprint density at radius 3 is 1.34 bits per heavy atom. The van der Waals surface area contributed by atoms with Crippen LogP contribution in [0.25, 0.3) is 0 Å². The molecule has 0 N–H and O–H groups in total. The summed E-state index contributed by atoms with van der Waals surface area (Å²) in [6.07, 6.45) is 29.8. The second-order valence-corrected chi connectivity index (χ2v) is 9.10. The Morgan fingerprint density at radius 1 is 0.625 bits per heavy atom. The molecule has 2 atom stereocenters. The molecule has 0 aromatic carbocycles. The molecule has 0 amide bonds. The zero-order chi connectivity index (χ0) is 23.3. The van der Waals surface area contributed by atoms with Crippen LogP contribution in [-0.4, -0.2) is 24.1 Å². The lowest BCUT2D eigenvalue weighted by molar-refractivity contribution is -0.140. The number of esters is 2. The van der Waals surface area contributed by atoms with Crippen LogP contribution in [0.4, 0.5) is 0 Å². The normalized spacial score (nSPS) is 20.6. The number of hydrogen-bond acceptors (Lipinski definition) is 4. The molecule has 0 aromatic rings. The second-order valence-electron chi connectivity index (χ2n) is 9.10. The highest BCUT2D eigenvalue weighted by Crippen LogP contribution is 2.16. The van der Waals surface area contributed by atoms with Crippen molar-refractivity contribution in [1.29, 1.82) is 0 Å². The Kier molecular flexibility index (Phi) is 17.8. The van der Waals surface area contributed by atoms with Crippen molar-refractivity contribution in [3.8, 4) is 0 Å². The molecule has 2 heterocycles. The summed E-state index contributed by atoms with van der Waals surface area (Å²) < 4.78 is 10.2. The summed E-state index contributed by atoms with van der Waals surface area (Å²) in [5, 5.41) is 0. The molecule has 2 aliphatic rings. The van der Waals surface area contributed by atoms with Gasteiger partial charge in [-0.05, 0) is 50.7 Å². The van der Waals surface area contributed by atoms with Crippen LogP contribution in [0.1, 0.15) is 129 Å². The zero-order valence-electron chi connectivity index (χ0n) is 20.8. The summed E-state index contributed by atoms with van der Waals surface area (Å²) in [6.45, 7) is 4.48. The van der Waals surface area contributed by atoms with Gasteiger partial charge in [-0.1, -0.05) is 90.2 Å². The van der Waals surface area contributed by atoms with Crippen molar-refractivity contribution in [1.82, 2.24) is 0 Å². The van der Waals surface area contributed by atoms with Crippen LogP contribution in [0.15, 0.2) is 24.3 Å². The van der Waals surface area contributed by atoms with E-state index in [0.29, 0.717) is 12.8 Å². The van der Waals surface area contributed by atoms with Gasteiger partial charge in [-0.15, -0.1) is 0 Å². The predicted octanol–water partition coefficient (Wildman–Crippen LogP) is 8.00. The van der Waals surface area contributed by atoms with Gasteiger partial charge in [-0.2, -0.15) is 0 Å². The Morgan fingerprint density at radius 2 is 1.00 bits per heavy atom. The third-order valence-electron chi connectivity index (χ3n) is 5.98. The van der Waals surface area contributed by atoms with E-state index in [1.807, 2.05) is 0 Å². The molecule has 2 saturated heterocycles. The lowest BCUT2D eigenvalue weighted by Gasteiger charge is -2.01. The summed E-state index contributed by atoms with van der Waals surface area (Å²) in [4.78, 5) is 21.7. The molecule has 2 rings (SSSR count). The highest BCUT2D eigenvalue weighted by molar-refractivity contribution is 5.72. The van der Waals surface area contributed by atoms with Crippen molar-refractivity contribution in [2.75, 3.05) is 0 Å².